The molecule has 1 N–H and O–H groups in total. The maximum absolute atomic E-state index is 9.16. The smallest absolute Gasteiger partial charge is 0.158 e. The van der Waals surface area contributed by atoms with E-state index >= 15 is 0 Å². The zero-order valence-electron chi connectivity index (χ0n) is 10.4. The molecule has 4 heteroatoms. The van der Waals surface area contributed by atoms with Gasteiger partial charge in [0, 0.05) is 30.3 Å². The van der Waals surface area contributed by atoms with E-state index in [1.165, 1.54) is 0 Å². The Bertz CT molecular complexity index is 294. The van der Waals surface area contributed by atoms with Gasteiger partial charge in [0.1, 0.15) is 5.75 Å². The molecule has 0 aliphatic carbocycles. The van der Waals surface area contributed by atoms with E-state index in [0.717, 1.165) is 17.1 Å². The summed E-state index contributed by atoms with van der Waals surface area (Å²) in [4.78, 5) is 1.15. The second kappa shape index (κ2) is 8.39. The topological polar surface area (TPSA) is 38.7 Å². The van der Waals surface area contributed by atoms with Gasteiger partial charge in [0.25, 0.3) is 0 Å². The molecule has 0 saturated heterocycles. The Balaban J connectivity index is 2.27. The number of hydrogen-bond acceptors (Lipinski definition) is 4. The Morgan fingerprint density at radius 2 is 1.71 bits per heavy atom. The summed E-state index contributed by atoms with van der Waals surface area (Å²) in [7, 11) is 0. The molecular formula is C13H20O3S. The number of phenolic OH excluding ortho intramolecular Hbond substituents is 1. The summed E-state index contributed by atoms with van der Waals surface area (Å²) in [5.74, 6) is 1.24. The number of ether oxygens (including phenoxy) is 2. The molecule has 3 nitrogen and oxygen atoms in total. The molecule has 0 unspecified atom stereocenters. The van der Waals surface area contributed by atoms with Crippen molar-refractivity contribution in [2.75, 3.05) is 19.0 Å². The third-order valence-electron chi connectivity index (χ3n) is 2.16. The molecule has 0 aromatic heterocycles. The average molecular weight is 256 g/mol. The highest BCUT2D eigenvalue weighted by atomic mass is 32.2. The van der Waals surface area contributed by atoms with Crippen LogP contribution in [-0.4, -0.2) is 30.4 Å². The van der Waals surface area contributed by atoms with Gasteiger partial charge in [-0.05, 0) is 38.1 Å². The fraction of sp³-hybridized carbons (Fsp3) is 0.538. The molecule has 1 aromatic carbocycles. The van der Waals surface area contributed by atoms with Crippen LogP contribution in [0.2, 0.25) is 0 Å². The molecule has 17 heavy (non-hydrogen) atoms. The van der Waals surface area contributed by atoms with Crippen LogP contribution in [-0.2, 0) is 9.47 Å². The van der Waals surface area contributed by atoms with Crippen molar-refractivity contribution in [3.8, 4) is 5.75 Å². The van der Waals surface area contributed by atoms with E-state index in [1.807, 2.05) is 26.0 Å². The molecule has 0 heterocycles. The number of thioether (sulfide) groups is 1. The highest BCUT2D eigenvalue weighted by Gasteiger charge is 2.07. The molecule has 1 aromatic rings. The summed E-state index contributed by atoms with van der Waals surface area (Å²) < 4.78 is 10.9. The van der Waals surface area contributed by atoms with Crippen LogP contribution in [0.25, 0.3) is 0 Å². The summed E-state index contributed by atoms with van der Waals surface area (Å²) in [6.45, 7) is 5.29. The Morgan fingerprint density at radius 3 is 2.24 bits per heavy atom. The molecule has 0 fully saturated rings. The van der Waals surface area contributed by atoms with E-state index in [2.05, 4.69) is 0 Å². The highest BCUT2D eigenvalue weighted by Crippen LogP contribution is 2.22. The van der Waals surface area contributed by atoms with Crippen molar-refractivity contribution in [1.29, 1.82) is 0 Å². The first kappa shape index (κ1) is 14.4. The Morgan fingerprint density at radius 1 is 1.12 bits per heavy atom. The number of rotatable bonds is 8. The standard InChI is InChI=1S/C13H20O3S/c1-3-15-13(16-4-2)9-10-17-12-7-5-11(14)6-8-12/h5-8,13-14H,3-4,9-10H2,1-2H3. The van der Waals surface area contributed by atoms with Gasteiger partial charge in [-0.3, -0.25) is 0 Å². The van der Waals surface area contributed by atoms with Gasteiger partial charge < -0.3 is 14.6 Å². The molecular weight excluding hydrogens is 236 g/mol. The van der Waals surface area contributed by atoms with Gasteiger partial charge in [0.05, 0.1) is 0 Å². The van der Waals surface area contributed by atoms with Crippen LogP contribution >= 0.6 is 11.8 Å². The van der Waals surface area contributed by atoms with Gasteiger partial charge in [-0.15, -0.1) is 11.8 Å². The molecule has 0 atom stereocenters. The molecule has 0 saturated carbocycles. The Labute approximate surface area is 107 Å². The van der Waals surface area contributed by atoms with Gasteiger partial charge in [-0.25, -0.2) is 0 Å². The lowest BCUT2D eigenvalue weighted by Gasteiger charge is -2.16. The minimum Gasteiger partial charge on any atom is -0.508 e. The zero-order chi connectivity index (χ0) is 12.5. The van der Waals surface area contributed by atoms with E-state index in [0.29, 0.717) is 19.0 Å². The van der Waals surface area contributed by atoms with Crippen molar-refractivity contribution < 1.29 is 14.6 Å². The molecule has 0 bridgehead atoms. The summed E-state index contributed by atoms with van der Waals surface area (Å²) in [6, 6.07) is 7.22. The number of benzene rings is 1. The number of phenols is 1. The molecule has 0 aliphatic heterocycles. The highest BCUT2D eigenvalue weighted by molar-refractivity contribution is 7.99. The van der Waals surface area contributed by atoms with Crippen molar-refractivity contribution in [2.24, 2.45) is 0 Å². The monoisotopic (exact) mass is 256 g/mol. The normalized spacial score (nSPS) is 11.0. The lowest BCUT2D eigenvalue weighted by molar-refractivity contribution is -0.136. The van der Waals surface area contributed by atoms with E-state index in [9.17, 15) is 0 Å². The van der Waals surface area contributed by atoms with Crippen molar-refractivity contribution >= 4 is 11.8 Å². The first-order chi connectivity index (χ1) is 8.26. The minimum atomic E-state index is -0.102. The lowest BCUT2D eigenvalue weighted by atomic mass is 10.3. The maximum atomic E-state index is 9.16. The van der Waals surface area contributed by atoms with Crippen molar-refractivity contribution in [2.45, 2.75) is 31.5 Å². The van der Waals surface area contributed by atoms with Crippen molar-refractivity contribution in [1.82, 2.24) is 0 Å². The van der Waals surface area contributed by atoms with Crippen LogP contribution in [0.4, 0.5) is 0 Å². The first-order valence-corrected chi connectivity index (χ1v) is 6.89. The summed E-state index contributed by atoms with van der Waals surface area (Å²) in [5.41, 5.74) is 0. The lowest BCUT2D eigenvalue weighted by Crippen LogP contribution is -2.18. The predicted octanol–water partition coefficient (Wildman–Crippen LogP) is 3.27. The molecule has 0 amide bonds. The molecule has 1 rings (SSSR count). The third kappa shape index (κ3) is 5.96. The second-order valence-electron chi connectivity index (χ2n) is 3.47. The predicted molar refractivity (Wildman–Crippen MR) is 70.5 cm³/mol. The molecule has 96 valence electrons. The van der Waals surface area contributed by atoms with Crippen LogP contribution in [0, 0.1) is 0 Å². The largest absolute Gasteiger partial charge is 0.508 e. The third-order valence-corrected chi connectivity index (χ3v) is 3.21. The summed E-state index contributed by atoms with van der Waals surface area (Å²) >= 11 is 1.74. The molecule has 0 radical (unpaired) electrons. The zero-order valence-corrected chi connectivity index (χ0v) is 11.2. The van der Waals surface area contributed by atoms with Crippen molar-refractivity contribution in [3.63, 3.8) is 0 Å². The first-order valence-electron chi connectivity index (χ1n) is 5.91. The fourth-order valence-electron chi connectivity index (χ4n) is 1.40. The van der Waals surface area contributed by atoms with E-state index < -0.39 is 0 Å². The molecule has 0 spiro atoms. The van der Waals surface area contributed by atoms with E-state index in [4.69, 9.17) is 14.6 Å². The Kier molecular flexibility index (Phi) is 7.08. The molecule has 0 aliphatic rings. The maximum Gasteiger partial charge on any atom is 0.158 e. The average Bonchev–Trinajstić information content (AvgIpc) is 2.32. The van der Waals surface area contributed by atoms with Gasteiger partial charge in [0.15, 0.2) is 6.29 Å². The second-order valence-corrected chi connectivity index (χ2v) is 4.64. The number of hydrogen-bond donors (Lipinski definition) is 1. The van der Waals surface area contributed by atoms with Crippen LogP contribution in [0.5, 0.6) is 5.75 Å². The number of aromatic hydroxyl groups is 1. The van der Waals surface area contributed by atoms with E-state index in [-0.39, 0.29) is 6.29 Å². The van der Waals surface area contributed by atoms with Crippen molar-refractivity contribution in [3.05, 3.63) is 24.3 Å². The fourth-order valence-corrected chi connectivity index (χ4v) is 2.28. The van der Waals surface area contributed by atoms with Gasteiger partial charge >= 0.3 is 0 Å². The van der Waals surface area contributed by atoms with Crippen LogP contribution in [0.15, 0.2) is 29.2 Å². The minimum absolute atomic E-state index is 0.102. The Hall–Kier alpha value is -0.710. The SMILES string of the molecule is CCOC(CCSc1ccc(O)cc1)OCC. The van der Waals surface area contributed by atoms with E-state index in [1.54, 1.807) is 23.9 Å². The van der Waals surface area contributed by atoms with Gasteiger partial charge in [-0.2, -0.15) is 0 Å². The summed E-state index contributed by atoms with van der Waals surface area (Å²) in [6.07, 6.45) is 0.766. The quantitative estimate of drug-likeness (QED) is 0.572. The van der Waals surface area contributed by atoms with Crippen LogP contribution in [0.1, 0.15) is 20.3 Å². The van der Waals surface area contributed by atoms with Gasteiger partial charge in [0.2, 0.25) is 0 Å². The summed E-state index contributed by atoms with van der Waals surface area (Å²) in [5, 5.41) is 9.16. The van der Waals surface area contributed by atoms with Gasteiger partial charge in [-0.1, -0.05) is 0 Å². The van der Waals surface area contributed by atoms with Crippen LogP contribution < -0.4 is 0 Å². The van der Waals surface area contributed by atoms with Crippen LogP contribution in [0.3, 0.4) is 0 Å².